The van der Waals surface area contributed by atoms with Gasteiger partial charge in [0, 0.05) is 29.7 Å². The Hall–Kier alpha value is -1.15. The number of aliphatic imine (C=N–C) groups is 1. The third-order valence-corrected chi connectivity index (χ3v) is 5.14. The molecule has 2 aromatic rings. The van der Waals surface area contributed by atoms with Gasteiger partial charge in [0.05, 0.1) is 12.2 Å². The number of pyridine rings is 1. The van der Waals surface area contributed by atoms with E-state index in [0.29, 0.717) is 6.54 Å². The van der Waals surface area contributed by atoms with Crippen molar-refractivity contribution in [3.8, 4) is 0 Å². The average Bonchev–Trinajstić information content (AvgIpc) is 3.38. The van der Waals surface area contributed by atoms with Crippen LogP contribution in [0.5, 0.6) is 0 Å². The number of nitrogens with one attached hydrogen (secondary N) is 2. The number of nitrogens with zero attached hydrogens (tertiary/aromatic N) is 2. The predicted octanol–water partition coefficient (Wildman–Crippen LogP) is 4.17. The van der Waals surface area contributed by atoms with Crippen molar-refractivity contribution in [3.05, 3.63) is 63.9 Å². The molecule has 0 unspecified atom stereocenters. The Morgan fingerprint density at radius 3 is 2.68 bits per heavy atom. The van der Waals surface area contributed by atoms with Gasteiger partial charge >= 0.3 is 0 Å². The molecular formula is C19H24BrIN4. The fourth-order valence-electron chi connectivity index (χ4n) is 2.88. The van der Waals surface area contributed by atoms with Crippen molar-refractivity contribution in [3.63, 3.8) is 0 Å². The zero-order valence-corrected chi connectivity index (χ0v) is 18.5. The van der Waals surface area contributed by atoms with Crippen LogP contribution in [0.2, 0.25) is 0 Å². The molecule has 0 bridgehead atoms. The highest BCUT2D eigenvalue weighted by molar-refractivity contribution is 14.0. The number of hydrogen-bond acceptors (Lipinski definition) is 2. The van der Waals surface area contributed by atoms with Crippen LogP contribution in [0.4, 0.5) is 0 Å². The molecule has 25 heavy (non-hydrogen) atoms. The molecule has 0 atom stereocenters. The van der Waals surface area contributed by atoms with Crippen molar-refractivity contribution in [2.45, 2.75) is 31.7 Å². The Morgan fingerprint density at radius 1 is 1.24 bits per heavy atom. The lowest BCUT2D eigenvalue weighted by Crippen LogP contribution is -2.41. The van der Waals surface area contributed by atoms with Crippen LogP contribution in [0.3, 0.4) is 0 Å². The van der Waals surface area contributed by atoms with Gasteiger partial charge in [-0.05, 0) is 49.1 Å². The van der Waals surface area contributed by atoms with E-state index in [-0.39, 0.29) is 29.4 Å². The molecular weight excluding hydrogens is 491 g/mol. The van der Waals surface area contributed by atoms with Gasteiger partial charge in [-0.15, -0.1) is 24.0 Å². The molecule has 1 aromatic heterocycles. The average molecular weight is 515 g/mol. The van der Waals surface area contributed by atoms with Crippen molar-refractivity contribution in [1.29, 1.82) is 0 Å². The third kappa shape index (κ3) is 5.17. The zero-order valence-electron chi connectivity index (χ0n) is 14.6. The molecule has 0 amide bonds. The van der Waals surface area contributed by atoms with Crippen molar-refractivity contribution in [2.75, 3.05) is 13.6 Å². The molecule has 1 aliphatic rings. The molecule has 0 aliphatic heterocycles. The quantitative estimate of drug-likeness (QED) is 0.357. The van der Waals surface area contributed by atoms with E-state index in [9.17, 15) is 0 Å². The molecule has 4 nitrogen and oxygen atoms in total. The van der Waals surface area contributed by atoms with E-state index in [4.69, 9.17) is 0 Å². The summed E-state index contributed by atoms with van der Waals surface area (Å²) in [5.74, 6) is 0.821. The molecule has 2 N–H and O–H groups in total. The highest BCUT2D eigenvalue weighted by Crippen LogP contribution is 2.48. The Labute approximate surface area is 175 Å². The first kappa shape index (κ1) is 20.2. The minimum absolute atomic E-state index is 0. The molecule has 134 valence electrons. The Bertz CT molecular complexity index is 744. The molecule has 1 aromatic carbocycles. The van der Waals surface area contributed by atoms with Gasteiger partial charge in [-0.25, -0.2) is 0 Å². The van der Waals surface area contributed by atoms with E-state index < -0.39 is 0 Å². The van der Waals surface area contributed by atoms with Crippen LogP contribution in [0, 0.1) is 6.92 Å². The summed E-state index contributed by atoms with van der Waals surface area (Å²) in [6.07, 6.45) is 4.26. The molecule has 3 rings (SSSR count). The van der Waals surface area contributed by atoms with Crippen LogP contribution in [0.25, 0.3) is 0 Å². The van der Waals surface area contributed by atoms with E-state index in [2.05, 4.69) is 73.8 Å². The van der Waals surface area contributed by atoms with E-state index >= 15 is 0 Å². The largest absolute Gasteiger partial charge is 0.356 e. The van der Waals surface area contributed by atoms with Gasteiger partial charge in [0.15, 0.2) is 5.96 Å². The number of aryl methyl sites for hydroxylation is 1. The fourth-order valence-corrected chi connectivity index (χ4v) is 3.28. The van der Waals surface area contributed by atoms with Gasteiger partial charge in [0.25, 0.3) is 0 Å². The van der Waals surface area contributed by atoms with E-state index in [1.807, 2.05) is 12.3 Å². The molecule has 0 saturated heterocycles. The number of hydrogen-bond donors (Lipinski definition) is 2. The summed E-state index contributed by atoms with van der Waals surface area (Å²) in [4.78, 5) is 8.74. The zero-order chi connectivity index (χ0) is 17.0. The van der Waals surface area contributed by atoms with Crippen molar-refractivity contribution >= 4 is 45.9 Å². The minimum Gasteiger partial charge on any atom is -0.356 e. The summed E-state index contributed by atoms with van der Waals surface area (Å²) in [5, 5.41) is 6.83. The van der Waals surface area contributed by atoms with Crippen LogP contribution in [-0.4, -0.2) is 24.5 Å². The van der Waals surface area contributed by atoms with E-state index in [1.165, 1.54) is 24.0 Å². The number of rotatable bonds is 5. The Kier molecular flexibility index (Phi) is 7.25. The molecule has 0 spiro atoms. The number of guanidine groups is 1. The fraction of sp³-hybridized carbons (Fsp3) is 0.368. The number of halogens is 2. The first-order chi connectivity index (χ1) is 11.6. The molecule has 1 saturated carbocycles. The molecule has 1 aliphatic carbocycles. The van der Waals surface area contributed by atoms with Crippen molar-refractivity contribution in [2.24, 2.45) is 4.99 Å². The SMILES string of the molecule is CN=C(NCc1ncccc1C)NCC1(c2cccc(Br)c2)CC1.I. The van der Waals surface area contributed by atoms with Gasteiger partial charge in [-0.1, -0.05) is 34.1 Å². The lowest BCUT2D eigenvalue weighted by molar-refractivity contribution is 0.644. The Morgan fingerprint density at radius 2 is 2.04 bits per heavy atom. The second kappa shape index (κ2) is 8.98. The van der Waals surface area contributed by atoms with E-state index in [0.717, 1.165) is 22.7 Å². The maximum atomic E-state index is 4.41. The molecule has 1 heterocycles. The summed E-state index contributed by atoms with van der Waals surface area (Å²) in [5.41, 5.74) is 3.87. The molecule has 6 heteroatoms. The van der Waals surface area contributed by atoms with Gasteiger partial charge in [0.1, 0.15) is 0 Å². The minimum atomic E-state index is 0. The van der Waals surface area contributed by atoms with Gasteiger partial charge < -0.3 is 10.6 Å². The first-order valence-corrected chi connectivity index (χ1v) is 9.03. The number of benzene rings is 1. The lowest BCUT2D eigenvalue weighted by atomic mass is 9.96. The summed E-state index contributed by atoms with van der Waals surface area (Å²) >= 11 is 3.57. The summed E-state index contributed by atoms with van der Waals surface area (Å²) in [7, 11) is 1.80. The van der Waals surface area contributed by atoms with Crippen LogP contribution in [-0.2, 0) is 12.0 Å². The standard InChI is InChI=1S/C19H23BrN4.HI/c1-14-5-4-10-22-17(14)12-23-18(21-2)24-13-19(8-9-19)15-6-3-7-16(20)11-15;/h3-7,10-11H,8-9,12-13H2,1-2H3,(H2,21,23,24);1H. The van der Waals surface area contributed by atoms with Crippen LogP contribution in [0.1, 0.15) is 29.7 Å². The van der Waals surface area contributed by atoms with Gasteiger partial charge in [-0.2, -0.15) is 0 Å². The monoisotopic (exact) mass is 514 g/mol. The second-order valence-corrected chi connectivity index (χ2v) is 7.25. The number of aromatic nitrogens is 1. The van der Waals surface area contributed by atoms with Gasteiger partial charge in [-0.3, -0.25) is 9.98 Å². The van der Waals surface area contributed by atoms with Crippen molar-refractivity contribution in [1.82, 2.24) is 15.6 Å². The van der Waals surface area contributed by atoms with Crippen LogP contribution >= 0.6 is 39.9 Å². The highest BCUT2D eigenvalue weighted by Gasteiger charge is 2.44. The van der Waals surface area contributed by atoms with Crippen molar-refractivity contribution < 1.29 is 0 Å². The maximum Gasteiger partial charge on any atom is 0.191 e. The smallest absolute Gasteiger partial charge is 0.191 e. The second-order valence-electron chi connectivity index (χ2n) is 6.34. The highest BCUT2D eigenvalue weighted by atomic mass is 127. The molecule has 1 fully saturated rings. The summed E-state index contributed by atoms with van der Waals surface area (Å²) in [6, 6.07) is 12.7. The Balaban J connectivity index is 0.00000225. The summed E-state index contributed by atoms with van der Waals surface area (Å²) in [6.45, 7) is 3.65. The van der Waals surface area contributed by atoms with Crippen LogP contribution in [0.15, 0.2) is 52.1 Å². The first-order valence-electron chi connectivity index (χ1n) is 8.24. The molecule has 0 radical (unpaired) electrons. The normalized spacial score (nSPS) is 15.2. The lowest BCUT2D eigenvalue weighted by Gasteiger charge is -2.19. The topological polar surface area (TPSA) is 49.3 Å². The maximum absolute atomic E-state index is 4.41. The summed E-state index contributed by atoms with van der Waals surface area (Å²) < 4.78 is 1.14. The van der Waals surface area contributed by atoms with Crippen LogP contribution < -0.4 is 10.6 Å². The predicted molar refractivity (Wildman–Crippen MR) is 118 cm³/mol. The van der Waals surface area contributed by atoms with E-state index in [1.54, 1.807) is 7.05 Å². The van der Waals surface area contributed by atoms with Gasteiger partial charge in [0.2, 0.25) is 0 Å². The third-order valence-electron chi connectivity index (χ3n) is 4.65.